The van der Waals surface area contributed by atoms with Gasteiger partial charge in [0.15, 0.2) is 0 Å². The second kappa shape index (κ2) is 8.53. The first kappa shape index (κ1) is 17.3. The lowest BCUT2D eigenvalue weighted by molar-refractivity contribution is 0.0951. The highest BCUT2D eigenvalue weighted by Crippen LogP contribution is 2.09. The lowest BCUT2D eigenvalue weighted by Crippen LogP contribution is -2.47. The first-order chi connectivity index (χ1) is 12.2. The molecule has 2 heterocycles. The van der Waals surface area contributed by atoms with Gasteiger partial charge in [-0.2, -0.15) is 0 Å². The molecule has 132 valence electrons. The monoisotopic (exact) mass is 343 g/mol. The fourth-order valence-corrected chi connectivity index (χ4v) is 2.86. The molecule has 0 atom stereocenters. The van der Waals surface area contributed by atoms with Gasteiger partial charge in [-0.1, -0.05) is 6.07 Å². The lowest BCUT2D eigenvalue weighted by Gasteiger charge is -2.34. The number of benzene rings is 1. The summed E-state index contributed by atoms with van der Waals surface area (Å²) >= 11 is 0. The van der Waals surface area contributed by atoms with E-state index in [0.717, 1.165) is 45.1 Å². The van der Waals surface area contributed by atoms with E-state index in [1.165, 1.54) is 12.1 Å². The van der Waals surface area contributed by atoms with E-state index in [4.69, 9.17) is 0 Å². The highest BCUT2D eigenvalue weighted by atomic mass is 19.1. The Morgan fingerprint density at radius 2 is 1.88 bits per heavy atom. The summed E-state index contributed by atoms with van der Waals surface area (Å²) in [7, 11) is 0. The molecule has 0 saturated carbocycles. The molecule has 1 fully saturated rings. The van der Waals surface area contributed by atoms with Gasteiger partial charge in [-0.3, -0.25) is 9.69 Å². The Morgan fingerprint density at radius 3 is 2.60 bits per heavy atom. The van der Waals surface area contributed by atoms with Crippen molar-refractivity contribution in [3.8, 4) is 0 Å². The van der Waals surface area contributed by atoms with E-state index < -0.39 is 5.82 Å². The van der Waals surface area contributed by atoms with Crippen molar-refractivity contribution in [2.75, 3.05) is 44.2 Å². The van der Waals surface area contributed by atoms with Gasteiger partial charge in [0.05, 0.1) is 0 Å². The van der Waals surface area contributed by atoms with Crippen LogP contribution in [0.25, 0.3) is 0 Å². The first-order valence-corrected chi connectivity index (χ1v) is 8.50. The number of carbonyl (C=O) groups is 1. The molecule has 1 aromatic heterocycles. The summed E-state index contributed by atoms with van der Waals surface area (Å²) in [6, 6.07) is 7.55. The normalized spacial score (nSPS) is 15.2. The molecule has 1 amide bonds. The van der Waals surface area contributed by atoms with Gasteiger partial charge < -0.3 is 10.2 Å². The molecule has 0 unspecified atom stereocenters. The Balaban J connectivity index is 1.34. The Labute approximate surface area is 146 Å². The summed E-state index contributed by atoms with van der Waals surface area (Å²) in [4.78, 5) is 25.0. The third-order valence-corrected chi connectivity index (χ3v) is 4.23. The maximum atomic E-state index is 13.1. The maximum Gasteiger partial charge on any atom is 0.251 e. The molecule has 0 spiro atoms. The van der Waals surface area contributed by atoms with Crippen LogP contribution in [0.2, 0.25) is 0 Å². The number of nitrogens with one attached hydrogen (secondary N) is 1. The van der Waals surface area contributed by atoms with Crippen LogP contribution >= 0.6 is 0 Å². The molecular weight excluding hydrogens is 321 g/mol. The van der Waals surface area contributed by atoms with Crippen LogP contribution in [0.15, 0.2) is 42.7 Å². The minimum Gasteiger partial charge on any atom is -0.352 e. The zero-order chi connectivity index (χ0) is 17.5. The molecule has 6 nitrogen and oxygen atoms in total. The van der Waals surface area contributed by atoms with Crippen LogP contribution in [-0.4, -0.2) is 60.0 Å². The molecule has 0 bridgehead atoms. The number of hydrogen-bond acceptors (Lipinski definition) is 5. The second-order valence-corrected chi connectivity index (χ2v) is 6.00. The molecule has 0 aliphatic carbocycles. The number of hydrogen-bond donors (Lipinski definition) is 1. The molecule has 25 heavy (non-hydrogen) atoms. The van der Waals surface area contributed by atoms with Crippen LogP contribution in [0.5, 0.6) is 0 Å². The molecular formula is C18H22FN5O. The van der Waals surface area contributed by atoms with Crippen LogP contribution in [-0.2, 0) is 0 Å². The number of nitrogens with zero attached hydrogens (tertiary/aromatic N) is 4. The van der Waals surface area contributed by atoms with Crippen molar-refractivity contribution in [1.82, 2.24) is 20.2 Å². The van der Waals surface area contributed by atoms with E-state index in [9.17, 15) is 9.18 Å². The number of halogens is 1. The van der Waals surface area contributed by atoms with E-state index in [0.29, 0.717) is 12.1 Å². The van der Waals surface area contributed by atoms with Crippen molar-refractivity contribution in [2.24, 2.45) is 0 Å². The van der Waals surface area contributed by atoms with Crippen molar-refractivity contribution < 1.29 is 9.18 Å². The van der Waals surface area contributed by atoms with Gasteiger partial charge in [0, 0.05) is 50.7 Å². The fraction of sp³-hybridized carbons (Fsp3) is 0.389. The van der Waals surface area contributed by atoms with Crippen LogP contribution < -0.4 is 10.2 Å². The zero-order valence-electron chi connectivity index (χ0n) is 14.1. The summed E-state index contributed by atoms with van der Waals surface area (Å²) in [5, 5.41) is 2.84. The van der Waals surface area contributed by atoms with Crippen LogP contribution in [0.3, 0.4) is 0 Å². The van der Waals surface area contributed by atoms with Gasteiger partial charge in [-0.25, -0.2) is 14.4 Å². The number of piperazine rings is 1. The van der Waals surface area contributed by atoms with Gasteiger partial charge in [-0.15, -0.1) is 0 Å². The summed E-state index contributed by atoms with van der Waals surface area (Å²) in [6.45, 7) is 5.22. The Bertz CT molecular complexity index is 689. The third kappa shape index (κ3) is 4.96. The number of amides is 1. The number of aromatic nitrogens is 2. The smallest absolute Gasteiger partial charge is 0.251 e. The average Bonchev–Trinajstić information content (AvgIpc) is 2.66. The minimum atomic E-state index is -0.395. The molecule has 1 aliphatic heterocycles. The second-order valence-electron chi connectivity index (χ2n) is 6.00. The Hall–Kier alpha value is -2.54. The van der Waals surface area contributed by atoms with E-state index in [1.807, 2.05) is 6.07 Å². The van der Waals surface area contributed by atoms with E-state index in [2.05, 4.69) is 25.1 Å². The van der Waals surface area contributed by atoms with Crippen molar-refractivity contribution in [2.45, 2.75) is 6.42 Å². The Morgan fingerprint density at radius 1 is 1.12 bits per heavy atom. The number of rotatable bonds is 6. The molecule has 7 heteroatoms. The topological polar surface area (TPSA) is 61.4 Å². The fourth-order valence-electron chi connectivity index (χ4n) is 2.86. The quantitative estimate of drug-likeness (QED) is 0.807. The number of carbonyl (C=O) groups excluding carboxylic acids is 1. The SMILES string of the molecule is O=C(NCCCN1CCN(c2ncccn2)CC1)c1cccc(F)c1. The molecule has 3 rings (SSSR count). The van der Waals surface area contributed by atoms with Gasteiger partial charge in [-0.05, 0) is 37.2 Å². The van der Waals surface area contributed by atoms with Crippen molar-refractivity contribution in [3.05, 3.63) is 54.1 Å². The zero-order valence-corrected chi connectivity index (χ0v) is 14.1. The van der Waals surface area contributed by atoms with Crippen LogP contribution in [0, 0.1) is 5.82 Å². The van der Waals surface area contributed by atoms with Gasteiger partial charge >= 0.3 is 0 Å². The van der Waals surface area contributed by atoms with Crippen LogP contribution in [0.4, 0.5) is 10.3 Å². The highest BCUT2D eigenvalue weighted by Gasteiger charge is 2.18. The summed E-state index contributed by atoms with van der Waals surface area (Å²) in [5.74, 6) is 0.156. The van der Waals surface area contributed by atoms with Crippen LogP contribution in [0.1, 0.15) is 16.8 Å². The standard InChI is InChI=1S/C18H22FN5O/c19-16-5-1-4-15(14-16)17(25)20-8-3-9-23-10-12-24(13-11-23)18-21-6-2-7-22-18/h1-2,4-7,14H,3,8-13H2,(H,20,25). The van der Waals surface area contributed by atoms with Crippen molar-refractivity contribution in [3.63, 3.8) is 0 Å². The largest absolute Gasteiger partial charge is 0.352 e. The van der Waals surface area contributed by atoms with Crippen molar-refractivity contribution >= 4 is 11.9 Å². The predicted octanol–water partition coefficient (Wildman–Crippen LogP) is 1.56. The van der Waals surface area contributed by atoms with Gasteiger partial charge in [0.1, 0.15) is 5.82 Å². The molecule has 1 aliphatic rings. The average molecular weight is 343 g/mol. The third-order valence-electron chi connectivity index (χ3n) is 4.23. The summed E-state index contributed by atoms with van der Waals surface area (Å²) in [6.07, 6.45) is 4.38. The van der Waals surface area contributed by atoms with E-state index in [1.54, 1.807) is 24.5 Å². The molecule has 1 aromatic carbocycles. The van der Waals surface area contributed by atoms with E-state index >= 15 is 0 Å². The molecule has 1 N–H and O–H groups in total. The van der Waals surface area contributed by atoms with E-state index in [-0.39, 0.29) is 5.91 Å². The summed E-state index contributed by atoms with van der Waals surface area (Å²) < 4.78 is 13.1. The maximum absolute atomic E-state index is 13.1. The van der Waals surface area contributed by atoms with Gasteiger partial charge in [0.2, 0.25) is 5.95 Å². The summed E-state index contributed by atoms with van der Waals surface area (Å²) in [5.41, 5.74) is 0.358. The predicted molar refractivity (Wildman–Crippen MR) is 94.0 cm³/mol. The number of anilines is 1. The Kier molecular flexibility index (Phi) is 5.90. The van der Waals surface area contributed by atoms with Gasteiger partial charge in [0.25, 0.3) is 5.91 Å². The molecule has 2 aromatic rings. The molecule has 0 radical (unpaired) electrons. The van der Waals surface area contributed by atoms with Crippen molar-refractivity contribution in [1.29, 1.82) is 0 Å². The molecule has 1 saturated heterocycles. The minimum absolute atomic E-state index is 0.231. The lowest BCUT2D eigenvalue weighted by atomic mass is 10.2. The highest BCUT2D eigenvalue weighted by molar-refractivity contribution is 5.94. The first-order valence-electron chi connectivity index (χ1n) is 8.50.